The van der Waals surface area contributed by atoms with Crippen LogP contribution in [-0.4, -0.2) is 6.98 Å². The standard InChI is InChI=1S/C32H19BF6N2/c34-31(35,36)20-14-16-28-26(18-20)24-12-7-13-25-27-19-21(32(37,38)39)15-17-29(27)41(23-10-5-2-6-11-23)33(30(24)25)40(28)22-8-3-1-4-9-22/h1-19H. The number of nitrogens with zero attached hydrogens (tertiary/aromatic N) is 2. The second-order valence-electron chi connectivity index (χ2n) is 10.0. The molecule has 5 aromatic carbocycles. The molecule has 9 heteroatoms. The molecule has 0 amide bonds. The molecule has 0 atom stereocenters. The molecule has 0 radical (unpaired) electrons. The predicted molar refractivity (Wildman–Crippen MR) is 150 cm³/mol. The second kappa shape index (κ2) is 8.93. The first-order valence-electron chi connectivity index (χ1n) is 12.9. The molecule has 0 N–H and O–H groups in total. The van der Waals surface area contributed by atoms with E-state index in [1.807, 2.05) is 70.3 Å². The van der Waals surface area contributed by atoms with Crippen LogP contribution >= 0.6 is 0 Å². The molecule has 202 valence electrons. The Labute approximate surface area is 232 Å². The molecular weight excluding hydrogens is 537 g/mol. The minimum atomic E-state index is -4.57. The van der Waals surface area contributed by atoms with Crippen LogP contribution in [0.3, 0.4) is 0 Å². The first-order valence-corrected chi connectivity index (χ1v) is 12.9. The molecule has 0 saturated heterocycles. The van der Waals surface area contributed by atoms with E-state index in [-0.39, 0.29) is 0 Å². The minimum absolute atomic E-state index is 0.361. The summed E-state index contributed by atoms with van der Waals surface area (Å²) in [6, 6.07) is 31.1. The highest BCUT2D eigenvalue weighted by Crippen LogP contribution is 2.50. The number of fused-ring (bicyclic) bond motifs is 4. The monoisotopic (exact) mass is 556 g/mol. The van der Waals surface area contributed by atoms with Crippen molar-refractivity contribution >= 4 is 35.2 Å². The van der Waals surface area contributed by atoms with Crippen molar-refractivity contribution in [3.8, 4) is 22.3 Å². The molecule has 0 unspecified atom stereocenters. The van der Waals surface area contributed by atoms with Gasteiger partial charge in [0.05, 0.1) is 11.1 Å². The summed E-state index contributed by atoms with van der Waals surface area (Å²) in [6.07, 6.45) is -9.13. The summed E-state index contributed by atoms with van der Waals surface area (Å²) in [5.74, 6) is 0. The minimum Gasteiger partial charge on any atom is -0.361 e. The summed E-state index contributed by atoms with van der Waals surface area (Å²) in [5, 5.41) is 0. The molecule has 0 aliphatic carbocycles. The number of para-hydroxylation sites is 2. The van der Waals surface area contributed by atoms with Gasteiger partial charge in [-0.2, -0.15) is 26.3 Å². The van der Waals surface area contributed by atoms with E-state index in [0.717, 1.165) is 35.6 Å². The molecular formula is C32H19BF6N2. The first kappa shape index (κ1) is 25.3. The van der Waals surface area contributed by atoms with E-state index in [0.29, 0.717) is 39.1 Å². The van der Waals surface area contributed by atoms with Crippen LogP contribution in [0.15, 0.2) is 115 Å². The largest absolute Gasteiger partial charge is 0.421 e. The summed E-state index contributed by atoms with van der Waals surface area (Å²) in [4.78, 5) is 3.93. The average Bonchev–Trinajstić information content (AvgIpc) is 2.97. The maximum absolute atomic E-state index is 13.9. The molecule has 7 rings (SSSR count). The summed E-state index contributed by atoms with van der Waals surface area (Å²) in [6.45, 7) is -0.598. The molecule has 5 aromatic rings. The van der Waals surface area contributed by atoms with Gasteiger partial charge in [-0.25, -0.2) is 0 Å². The van der Waals surface area contributed by atoms with Gasteiger partial charge in [0, 0.05) is 33.9 Å². The van der Waals surface area contributed by atoms with Crippen LogP contribution in [0.2, 0.25) is 0 Å². The molecule has 41 heavy (non-hydrogen) atoms. The maximum Gasteiger partial charge on any atom is 0.421 e. The van der Waals surface area contributed by atoms with Gasteiger partial charge in [0.25, 0.3) is 0 Å². The number of alkyl halides is 6. The van der Waals surface area contributed by atoms with Crippen LogP contribution in [-0.2, 0) is 12.4 Å². The molecule has 0 saturated carbocycles. The SMILES string of the molecule is FC(F)(F)c1ccc2c(c1)-c1cccc3c1B(N2c1ccccc1)N(c1ccccc1)c1ccc(C(F)(F)F)cc1-3. The lowest BCUT2D eigenvalue weighted by molar-refractivity contribution is -0.138. The number of rotatable bonds is 2. The van der Waals surface area contributed by atoms with Gasteiger partial charge in [0.1, 0.15) is 0 Å². The maximum atomic E-state index is 13.9. The molecule has 2 heterocycles. The zero-order valence-electron chi connectivity index (χ0n) is 21.2. The highest BCUT2D eigenvalue weighted by molar-refractivity contribution is 6.86. The number of halogens is 6. The Balaban J connectivity index is 1.60. The number of benzene rings is 5. The third-order valence-electron chi connectivity index (χ3n) is 7.67. The lowest BCUT2D eigenvalue weighted by atomic mass is 9.53. The van der Waals surface area contributed by atoms with Gasteiger partial charge in [0.2, 0.25) is 0 Å². The fourth-order valence-electron chi connectivity index (χ4n) is 5.96. The van der Waals surface area contributed by atoms with E-state index in [2.05, 4.69) is 0 Å². The van der Waals surface area contributed by atoms with Gasteiger partial charge in [-0.3, -0.25) is 0 Å². The molecule has 0 spiro atoms. The van der Waals surface area contributed by atoms with E-state index in [1.54, 1.807) is 18.2 Å². The fraction of sp³-hybridized carbons (Fsp3) is 0.0625. The van der Waals surface area contributed by atoms with Crippen molar-refractivity contribution in [3.05, 3.63) is 126 Å². The third kappa shape index (κ3) is 3.98. The first-order chi connectivity index (χ1) is 19.6. The molecule has 2 nitrogen and oxygen atoms in total. The number of hydrogen-bond acceptors (Lipinski definition) is 2. The molecule has 2 aliphatic rings. The van der Waals surface area contributed by atoms with Gasteiger partial charge >= 0.3 is 19.3 Å². The smallest absolute Gasteiger partial charge is 0.361 e. The average molecular weight is 556 g/mol. The van der Waals surface area contributed by atoms with Crippen molar-refractivity contribution in [2.75, 3.05) is 9.62 Å². The fourth-order valence-corrected chi connectivity index (χ4v) is 5.96. The highest BCUT2D eigenvalue weighted by Gasteiger charge is 2.48. The van der Waals surface area contributed by atoms with E-state index in [1.165, 1.54) is 12.1 Å². The highest BCUT2D eigenvalue weighted by atomic mass is 19.4. The Morgan fingerprint density at radius 1 is 0.439 bits per heavy atom. The number of anilines is 4. The van der Waals surface area contributed by atoms with E-state index < -0.39 is 30.5 Å². The van der Waals surface area contributed by atoms with Crippen LogP contribution in [0.4, 0.5) is 49.1 Å². The van der Waals surface area contributed by atoms with Crippen LogP contribution in [0, 0.1) is 0 Å². The molecule has 2 aliphatic heterocycles. The zero-order valence-corrected chi connectivity index (χ0v) is 21.2. The Morgan fingerprint density at radius 2 is 0.854 bits per heavy atom. The van der Waals surface area contributed by atoms with Gasteiger partial charge < -0.3 is 9.62 Å². The normalized spacial score (nSPS) is 14.0. The van der Waals surface area contributed by atoms with Crippen LogP contribution < -0.4 is 15.1 Å². The summed E-state index contributed by atoms with van der Waals surface area (Å²) in [5.41, 5.74) is 3.45. The summed E-state index contributed by atoms with van der Waals surface area (Å²) in [7, 11) is 0. The molecule has 0 fully saturated rings. The Morgan fingerprint density at radius 3 is 1.24 bits per heavy atom. The molecule has 0 aromatic heterocycles. The Hall–Kier alpha value is -4.66. The van der Waals surface area contributed by atoms with E-state index in [4.69, 9.17) is 0 Å². The second-order valence-corrected chi connectivity index (χ2v) is 10.0. The Bertz CT molecular complexity index is 1660. The van der Waals surface area contributed by atoms with Gasteiger partial charge in [0.15, 0.2) is 0 Å². The summed E-state index contributed by atoms with van der Waals surface area (Å²) < 4.78 is 83.4. The Kier molecular flexibility index (Phi) is 5.51. The lowest BCUT2D eigenvalue weighted by Crippen LogP contribution is -2.61. The van der Waals surface area contributed by atoms with Crippen molar-refractivity contribution < 1.29 is 26.3 Å². The van der Waals surface area contributed by atoms with Gasteiger partial charge in [-0.1, -0.05) is 54.6 Å². The predicted octanol–water partition coefficient (Wildman–Crippen LogP) is 9.06. The lowest BCUT2D eigenvalue weighted by Gasteiger charge is -2.47. The third-order valence-corrected chi connectivity index (χ3v) is 7.67. The van der Waals surface area contributed by atoms with Crippen LogP contribution in [0.25, 0.3) is 22.3 Å². The van der Waals surface area contributed by atoms with Crippen molar-refractivity contribution in [3.63, 3.8) is 0 Å². The van der Waals surface area contributed by atoms with E-state index >= 15 is 0 Å². The van der Waals surface area contributed by atoms with Crippen molar-refractivity contribution in [1.29, 1.82) is 0 Å². The van der Waals surface area contributed by atoms with E-state index in [9.17, 15) is 26.3 Å². The van der Waals surface area contributed by atoms with Crippen molar-refractivity contribution in [2.45, 2.75) is 12.4 Å². The van der Waals surface area contributed by atoms with Crippen LogP contribution in [0.5, 0.6) is 0 Å². The summed E-state index contributed by atoms with van der Waals surface area (Å²) >= 11 is 0. The van der Waals surface area contributed by atoms with Crippen LogP contribution in [0.1, 0.15) is 11.1 Å². The van der Waals surface area contributed by atoms with Crippen molar-refractivity contribution in [2.24, 2.45) is 0 Å². The van der Waals surface area contributed by atoms with Gasteiger partial charge in [-0.05, 0) is 77.3 Å². The molecule has 0 bridgehead atoms. The number of hydrogen-bond donors (Lipinski definition) is 0. The quantitative estimate of drug-likeness (QED) is 0.158. The zero-order chi connectivity index (χ0) is 28.5. The topological polar surface area (TPSA) is 6.48 Å². The van der Waals surface area contributed by atoms with Crippen molar-refractivity contribution in [1.82, 2.24) is 0 Å². The van der Waals surface area contributed by atoms with Gasteiger partial charge in [-0.15, -0.1) is 0 Å².